The smallest absolute Gasteiger partial charge is 0.159 e. The highest BCUT2D eigenvalue weighted by Crippen LogP contribution is 2.32. The summed E-state index contributed by atoms with van der Waals surface area (Å²) in [4.78, 5) is 15.6. The van der Waals surface area contributed by atoms with E-state index in [1.54, 1.807) is 6.33 Å². The van der Waals surface area contributed by atoms with Crippen molar-refractivity contribution in [1.29, 1.82) is 0 Å². The van der Waals surface area contributed by atoms with Gasteiger partial charge in [0.05, 0.1) is 17.9 Å². The van der Waals surface area contributed by atoms with Crippen LogP contribution in [-0.4, -0.2) is 36.0 Å². The normalized spacial score (nSPS) is 18.8. The highest BCUT2D eigenvalue weighted by atomic mass is 15.3. The molecule has 6 heteroatoms. The summed E-state index contributed by atoms with van der Waals surface area (Å²) in [6.07, 6.45) is 7.74. The first-order valence-corrected chi connectivity index (χ1v) is 8.03. The fraction of sp³-hybridized carbons (Fsp3) is 0.412. The predicted molar refractivity (Wildman–Crippen MR) is 86.9 cm³/mol. The Balaban J connectivity index is 1.65. The zero-order valence-electron chi connectivity index (χ0n) is 13.5. The molecule has 0 spiro atoms. The van der Waals surface area contributed by atoms with E-state index in [-0.39, 0.29) is 0 Å². The lowest BCUT2D eigenvalue weighted by Crippen LogP contribution is -2.23. The van der Waals surface area contributed by atoms with E-state index in [1.165, 1.54) is 12.0 Å². The van der Waals surface area contributed by atoms with Gasteiger partial charge in [-0.25, -0.2) is 19.5 Å². The molecule has 0 unspecified atom stereocenters. The summed E-state index contributed by atoms with van der Waals surface area (Å²) in [5.74, 6) is 0. The van der Waals surface area contributed by atoms with E-state index in [0.717, 1.165) is 42.2 Å². The monoisotopic (exact) mass is 308 g/mol. The van der Waals surface area contributed by atoms with Crippen LogP contribution < -0.4 is 0 Å². The molecular weight excluding hydrogens is 288 g/mol. The highest BCUT2D eigenvalue weighted by Gasteiger charge is 2.28. The van der Waals surface area contributed by atoms with Crippen LogP contribution in [0.2, 0.25) is 0 Å². The lowest BCUT2D eigenvalue weighted by molar-refractivity contribution is 0.245. The summed E-state index contributed by atoms with van der Waals surface area (Å²) in [7, 11) is 0. The molecule has 0 N–H and O–H groups in total. The molecular formula is C17H20N6. The molecule has 1 aliphatic rings. The zero-order valence-corrected chi connectivity index (χ0v) is 13.5. The third kappa shape index (κ3) is 2.59. The third-order valence-electron chi connectivity index (χ3n) is 4.53. The Morgan fingerprint density at radius 3 is 3.04 bits per heavy atom. The van der Waals surface area contributed by atoms with E-state index in [4.69, 9.17) is 0 Å². The second-order valence-corrected chi connectivity index (χ2v) is 6.21. The minimum Gasteiger partial charge on any atom is -0.290 e. The van der Waals surface area contributed by atoms with Crippen LogP contribution in [0.3, 0.4) is 0 Å². The van der Waals surface area contributed by atoms with Gasteiger partial charge >= 0.3 is 0 Å². The van der Waals surface area contributed by atoms with Crippen LogP contribution in [0.1, 0.15) is 41.5 Å². The van der Waals surface area contributed by atoms with Crippen LogP contribution in [0.4, 0.5) is 0 Å². The largest absolute Gasteiger partial charge is 0.290 e. The van der Waals surface area contributed by atoms with Gasteiger partial charge in [-0.2, -0.15) is 5.10 Å². The average molecular weight is 308 g/mol. The van der Waals surface area contributed by atoms with Crippen molar-refractivity contribution in [3.63, 3.8) is 0 Å². The summed E-state index contributed by atoms with van der Waals surface area (Å²) >= 11 is 0. The van der Waals surface area contributed by atoms with Gasteiger partial charge < -0.3 is 0 Å². The molecule has 0 radical (unpaired) electrons. The maximum Gasteiger partial charge on any atom is 0.159 e. The molecule has 0 saturated carbocycles. The first kappa shape index (κ1) is 14.3. The van der Waals surface area contributed by atoms with Gasteiger partial charge in [-0.05, 0) is 45.4 Å². The van der Waals surface area contributed by atoms with Gasteiger partial charge in [0.25, 0.3) is 0 Å². The van der Waals surface area contributed by atoms with Crippen LogP contribution in [0, 0.1) is 13.8 Å². The van der Waals surface area contributed by atoms with Gasteiger partial charge in [0.1, 0.15) is 6.33 Å². The number of fused-ring (bicyclic) bond motifs is 1. The van der Waals surface area contributed by atoms with Crippen LogP contribution in [0.25, 0.3) is 5.65 Å². The summed E-state index contributed by atoms with van der Waals surface area (Å²) in [5, 5.41) is 4.50. The number of hydrogen-bond acceptors (Lipinski definition) is 5. The van der Waals surface area contributed by atoms with Crippen molar-refractivity contribution in [2.75, 3.05) is 6.54 Å². The number of nitrogens with zero attached hydrogens (tertiary/aromatic N) is 6. The lowest BCUT2D eigenvalue weighted by atomic mass is 10.1. The summed E-state index contributed by atoms with van der Waals surface area (Å²) in [6, 6.07) is 4.44. The lowest BCUT2D eigenvalue weighted by Gasteiger charge is -2.23. The second-order valence-electron chi connectivity index (χ2n) is 6.21. The van der Waals surface area contributed by atoms with Gasteiger partial charge in [-0.1, -0.05) is 0 Å². The van der Waals surface area contributed by atoms with E-state index in [9.17, 15) is 0 Å². The van der Waals surface area contributed by atoms with Gasteiger partial charge in [0.2, 0.25) is 0 Å². The number of aromatic nitrogens is 5. The van der Waals surface area contributed by atoms with E-state index < -0.39 is 0 Å². The third-order valence-corrected chi connectivity index (χ3v) is 4.53. The number of rotatable bonds is 3. The van der Waals surface area contributed by atoms with Crippen LogP contribution in [0.15, 0.2) is 30.9 Å². The molecule has 6 nitrogen and oxygen atoms in total. The molecule has 3 aromatic heterocycles. The van der Waals surface area contributed by atoms with Gasteiger partial charge in [0, 0.05) is 29.7 Å². The Morgan fingerprint density at radius 2 is 2.22 bits per heavy atom. The summed E-state index contributed by atoms with van der Waals surface area (Å²) in [6.45, 7) is 6.03. The standard InChI is InChI=1S/C17H20N6/c1-12-8-13(2)23-17(21-12)14(9-20-23)10-22-7-3-4-16(22)15-5-6-18-11-19-15/h5-6,8-9,11,16H,3-4,7,10H2,1-2H3/t16-/m1/s1. The molecule has 0 aliphatic carbocycles. The molecule has 4 heterocycles. The molecule has 23 heavy (non-hydrogen) atoms. The molecule has 4 rings (SSSR count). The Hall–Kier alpha value is -2.34. The van der Waals surface area contributed by atoms with Crippen molar-refractivity contribution in [1.82, 2.24) is 29.5 Å². The number of aryl methyl sites for hydroxylation is 2. The first-order valence-electron chi connectivity index (χ1n) is 8.03. The molecule has 3 aromatic rings. The van der Waals surface area contributed by atoms with Crippen molar-refractivity contribution in [3.05, 3.63) is 53.5 Å². The van der Waals surface area contributed by atoms with Crippen LogP contribution in [0.5, 0.6) is 0 Å². The van der Waals surface area contributed by atoms with E-state index in [1.807, 2.05) is 29.9 Å². The molecule has 118 valence electrons. The Bertz CT molecular complexity index is 826. The van der Waals surface area contributed by atoms with Crippen LogP contribution in [-0.2, 0) is 6.54 Å². The topological polar surface area (TPSA) is 59.2 Å². The van der Waals surface area contributed by atoms with Crippen LogP contribution >= 0.6 is 0 Å². The first-order chi connectivity index (χ1) is 11.2. The molecule has 1 fully saturated rings. The van der Waals surface area contributed by atoms with Gasteiger partial charge in [-0.15, -0.1) is 0 Å². The molecule has 1 saturated heterocycles. The Kier molecular flexibility index (Phi) is 3.53. The van der Waals surface area contributed by atoms with Crippen molar-refractivity contribution >= 4 is 5.65 Å². The zero-order chi connectivity index (χ0) is 15.8. The predicted octanol–water partition coefficient (Wildman–Crippen LogP) is 2.47. The second kappa shape index (κ2) is 5.70. The van der Waals surface area contributed by atoms with Crippen molar-refractivity contribution < 1.29 is 0 Å². The Labute approximate surface area is 135 Å². The van der Waals surface area contributed by atoms with E-state index in [2.05, 4.69) is 37.9 Å². The molecule has 0 aromatic carbocycles. The molecule has 0 amide bonds. The van der Waals surface area contributed by atoms with Crippen molar-refractivity contribution in [2.45, 2.75) is 39.3 Å². The maximum absolute atomic E-state index is 4.68. The van der Waals surface area contributed by atoms with E-state index in [0.29, 0.717) is 6.04 Å². The number of hydrogen-bond donors (Lipinski definition) is 0. The highest BCUT2D eigenvalue weighted by molar-refractivity contribution is 5.48. The summed E-state index contributed by atoms with van der Waals surface area (Å²) < 4.78 is 1.93. The van der Waals surface area contributed by atoms with Crippen molar-refractivity contribution in [2.24, 2.45) is 0 Å². The maximum atomic E-state index is 4.68. The number of likely N-dealkylation sites (tertiary alicyclic amines) is 1. The van der Waals surface area contributed by atoms with Gasteiger partial charge in [-0.3, -0.25) is 4.90 Å². The average Bonchev–Trinajstić information content (AvgIpc) is 3.16. The fourth-order valence-electron chi connectivity index (χ4n) is 3.49. The quantitative estimate of drug-likeness (QED) is 0.744. The molecule has 0 bridgehead atoms. The molecule has 1 aliphatic heterocycles. The fourth-order valence-corrected chi connectivity index (χ4v) is 3.49. The molecule has 1 atom stereocenters. The van der Waals surface area contributed by atoms with Gasteiger partial charge in [0.15, 0.2) is 5.65 Å². The Morgan fingerprint density at radius 1 is 1.30 bits per heavy atom. The van der Waals surface area contributed by atoms with E-state index >= 15 is 0 Å². The van der Waals surface area contributed by atoms with Crippen molar-refractivity contribution in [3.8, 4) is 0 Å². The minimum atomic E-state index is 0.360. The summed E-state index contributed by atoms with van der Waals surface area (Å²) in [5.41, 5.74) is 5.40. The SMILES string of the molecule is Cc1cc(C)n2ncc(CN3CCC[C@@H]3c3ccncn3)c2n1. The minimum absolute atomic E-state index is 0.360.